The molecule has 0 saturated heterocycles. The van der Waals surface area contributed by atoms with Crippen LogP contribution in [0.4, 0.5) is 5.69 Å². The smallest absolute Gasteiger partial charge is 0.248 e. The van der Waals surface area contributed by atoms with Crippen LogP contribution in [0.15, 0.2) is 65.7 Å². The molecule has 2 aromatic carbocycles. The van der Waals surface area contributed by atoms with Crippen molar-refractivity contribution in [3.8, 4) is 0 Å². The highest BCUT2D eigenvalue weighted by Gasteiger charge is 2.23. The summed E-state index contributed by atoms with van der Waals surface area (Å²) < 4.78 is 27.2. The maximum Gasteiger partial charge on any atom is 0.248 e. The number of rotatable bonds is 7. The number of hydrogen-bond acceptors (Lipinski definition) is 4. The average Bonchev–Trinajstić information content (AvgIpc) is 2.74. The number of anilines is 1. The van der Waals surface area contributed by atoms with Crippen LogP contribution in [0.1, 0.15) is 25.0 Å². The first-order valence-corrected chi connectivity index (χ1v) is 11.2. The molecular weight excluding hydrogens is 398 g/mol. The number of nitrogens with zero attached hydrogens (tertiary/aromatic N) is 2. The van der Waals surface area contributed by atoms with Crippen molar-refractivity contribution in [1.29, 1.82) is 0 Å². The quantitative estimate of drug-likeness (QED) is 0.577. The van der Waals surface area contributed by atoms with Gasteiger partial charge in [-0.3, -0.25) is 9.78 Å². The molecular formula is C23H25N3O3S. The molecule has 0 aliphatic heterocycles. The number of benzene rings is 2. The number of aromatic nitrogens is 1. The summed E-state index contributed by atoms with van der Waals surface area (Å²) in [7, 11) is -3.61. The molecule has 0 unspecified atom stereocenters. The van der Waals surface area contributed by atoms with E-state index >= 15 is 0 Å². The molecule has 7 heteroatoms. The number of aryl methyl sites for hydroxylation is 1. The predicted molar refractivity (Wildman–Crippen MR) is 121 cm³/mol. The van der Waals surface area contributed by atoms with Crippen LogP contribution in [0.3, 0.4) is 0 Å². The lowest BCUT2D eigenvalue weighted by atomic mass is 10.1. The lowest BCUT2D eigenvalue weighted by Gasteiger charge is -2.20. The number of fused-ring (bicyclic) bond motifs is 1. The van der Waals surface area contributed by atoms with E-state index in [1.54, 1.807) is 45.2 Å². The molecule has 0 aliphatic rings. The van der Waals surface area contributed by atoms with Gasteiger partial charge in [-0.1, -0.05) is 44.2 Å². The monoisotopic (exact) mass is 423 g/mol. The maximum atomic E-state index is 12.9. The van der Waals surface area contributed by atoms with E-state index in [1.807, 2.05) is 30.3 Å². The van der Waals surface area contributed by atoms with Gasteiger partial charge in [0.15, 0.2) is 0 Å². The van der Waals surface area contributed by atoms with Crippen LogP contribution in [0.2, 0.25) is 0 Å². The standard InChI is InChI=1S/C23H25N3O3S/c1-4-26(5-2)30(28,29)21-16-20(13-11-17(21)3)25-22(27)14-12-19-9-6-8-18-10-7-15-24-23(18)19/h6-16H,4-5H2,1-3H3,(H,25,27). The van der Waals surface area contributed by atoms with Gasteiger partial charge in [-0.2, -0.15) is 4.31 Å². The van der Waals surface area contributed by atoms with Gasteiger partial charge in [-0.05, 0) is 36.8 Å². The zero-order valence-corrected chi connectivity index (χ0v) is 18.1. The van der Waals surface area contributed by atoms with Crippen molar-refractivity contribution >= 4 is 38.6 Å². The van der Waals surface area contributed by atoms with Gasteiger partial charge in [0, 0.05) is 42.0 Å². The van der Waals surface area contributed by atoms with E-state index in [1.165, 1.54) is 16.4 Å². The van der Waals surface area contributed by atoms with Crippen molar-refractivity contribution in [2.75, 3.05) is 18.4 Å². The first-order chi connectivity index (χ1) is 14.4. The van der Waals surface area contributed by atoms with Crippen LogP contribution in [-0.2, 0) is 14.8 Å². The topological polar surface area (TPSA) is 79.4 Å². The highest BCUT2D eigenvalue weighted by atomic mass is 32.2. The Hall–Kier alpha value is -3.03. The molecule has 0 spiro atoms. The fraction of sp³-hybridized carbons (Fsp3) is 0.217. The van der Waals surface area contributed by atoms with E-state index in [0.717, 1.165) is 16.5 Å². The molecule has 6 nitrogen and oxygen atoms in total. The Balaban J connectivity index is 1.83. The fourth-order valence-corrected chi connectivity index (χ4v) is 4.98. The lowest BCUT2D eigenvalue weighted by molar-refractivity contribution is -0.111. The number of para-hydroxylation sites is 1. The molecule has 156 valence electrons. The molecule has 0 radical (unpaired) electrons. The molecule has 3 aromatic rings. The maximum absolute atomic E-state index is 12.9. The van der Waals surface area contributed by atoms with Crippen molar-refractivity contribution in [2.45, 2.75) is 25.7 Å². The molecule has 30 heavy (non-hydrogen) atoms. The van der Waals surface area contributed by atoms with Crippen LogP contribution in [0.25, 0.3) is 17.0 Å². The van der Waals surface area contributed by atoms with Crippen LogP contribution in [0.5, 0.6) is 0 Å². The Morgan fingerprint density at radius 3 is 2.57 bits per heavy atom. The van der Waals surface area contributed by atoms with Crippen molar-refractivity contribution < 1.29 is 13.2 Å². The van der Waals surface area contributed by atoms with Crippen molar-refractivity contribution in [3.63, 3.8) is 0 Å². The first-order valence-electron chi connectivity index (χ1n) is 9.80. The summed E-state index contributed by atoms with van der Waals surface area (Å²) in [5, 5.41) is 3.74. The normalized spacial score (nSPS) is 12.0. The Bertz CT molecular complexity index is 1190. The van der Waals surface area contributed by atoms with Crippen molar-refractivity contribution in [3.05, 3.63) is 71.9 Å². The Kier molecular flexibility index (Phi) is 6.64. The Morgan fingerprint density at radius 1 is 1.10 bits per heavy atom. The number of pyridine rings is 1. The van der Waals surface area contributed by atoms with Gasteiger partial charge in [0.05, 0.1) is 10.4 Å². The summed E-state index contributed by atoms with van der Waals surface area (Å²) in [6.07, 6.45) is 4.83. The number of sulfonamides is 1. The number of hydrogen-bond donors (Lipinski definition) is 1. The van der Waals surface area contributed by atoms with Crippen LogP contribution in [0, 0.1) is 6.92 Å². The van der Waals surface area contributed by atoms with E-state index in [9.17, 15) is 13.2 Å². The van der Waals surface area contributed by atoms with E-state index in [-0.39, 0.29) is 10.8 Å². The van der Waals surface area contributed by atoms with Gasteiger partial charge < -0.3 is 5.32 Å². The van der Waals surface area contributed by atoms with Gasteiger partial charge >= 0.3 is 0 Å². The number of nitrogens with one attached hydrogen (secondary N) is 1. The molecule has 0 fully saturated rings. The van der Waals surface area contributed by atoms with Gasteiger partial charge in [-0.25, -0.2) is 8.42 Å². The van der Waals surface area contributed by atoms with Crippen LogP contribution < -0.4 is 5.32 Å². The van der Waals surface area contributed by atoms with E-state index in [2.05, 4.69) is 10.3 Å². The second-order valence-electron chi connectivity index (χ2n) is 6.81. The van der Waals surface area contributed by atoms with E-state index < -0.39 is 10.0 Å². The summed E-state index contributed by atoms with van der Waals surface area (Å²) in [5.74, 6) is -0.349. The molecule has 1 amide bonds. The molecule has 0 aliphatic carbocycles. The minimum absolute atomic E-state index is 0.200. The van der Waals surface area contributed by atoms with Crippen LogP contribution >= 0.6 is 0 Å². The van der Waals surface area contributed by atoms with Gasteiger partial charge in [-0.15, -0.1) is 0 Å². The number of amides is 1. The second-order valence-corrected chi connectivity index (χ2v) is 8.72. The molecule has 1 N–H and O–H groups in total. The van der Waals surface area contributed by atoms with Crippen molar-refractivity contribution in [1.82, 2.24) is 9.29 Å². The molecule has 1 heterocycles. The third-order valence-electron chi connectivity index (χ3n) is 4.86. The molecule has 0 bridgehead atoms. The van der Waals surface area contributed by atoms with Crippen molar-refractivity contribution in [2.24, 2.45) is 0 Å². The second kappa shape index (κ2) is 9.19. The van der Waals surface area contributed by atoms with Gasteiger partial charge in [0.25, 0.3) is 0 Å². The highest BCUT2D eigenvalue weighted by molar-refractivity contribution is 7.89. The third-order valence-corrected chi connectivity index (χ3v) is 7.05. The lowest BCUT2D eigenvalue weighted by Crippen LogP contribution is -2.31. The summed E-state index contributed by atoms with van der Waals surface area (Å²) in [5.41, 5.74) is 2.71. The highest BCUT2D eigenvalue weighted by Crippen LogP contribution is 2.24. The van der Waals surface area contributed by atoms with Gasteiger partial charge in [0.2, 0.25) is 15.9 Å². The number of carbonyl (C=O) groups excluding carboxylic acids is 1. The molecule has 1 aromatic heterocycles. The fourth-order valence-electron chi connectivity index (χ4n) is 3.27. The zero-order chi connectivity index (χ0) is 21.7. The average molecular weight is 424 g/mol. The zero-order valence-electron chi connectivity index (χ0n) is 17.3. The van der Waals surface area contributed by atoms with E-state index in [0.29, 0.717) is 24.3 Å². The largest absolute Gasteiger partial charge is 0.322 e. The minimum Gasteiger partial charge on any atom is -0.322 e. The van der Waals surface area contributed by atoms with E-state index in [4.69, 9.17) is 0 Å². The number of carbonyl (C=O) groups is 1. The van der Waals surface area contributed by atoms with Gasteiger partial charge in [0.1, 0.15) is 0 Å². The van der Waals surface area contributed by atoms with Crippen LogP contribution in [-0.4, -0.2) is 36.7 Å². The summed E-state index contributed by atoms with van der Waals surface area (Å²) in [4.78, 5) is 17.0. The summed E-state index contributed by atoms with van der Waals surface area (Å²) in [6, 6.07) is 14.5. The first kappa shape index (κ1) is 21.7. The molecule has 0 saturated carbocycles. The molecule has 0 atom stereocenters. The predicted octanol–water partition coefficient (Wildman–Crippen LogP) is 4.23. The molecule has 3 rings (SSSR count). The minimum atomic E-state index is -3.61. The Morgan fingerprint density at radius 2 is 1.83 bits per heavy atom. The summed E-state index contributed by atoms with van der Waals surface area (Å²) in [6.45, 7) is 6.12. The Labute approximate surface area is 177 Å². The SMILES string of the molecule is CCN(CC)S(=O)(=O)c1cc(NC(=O)C=Cc2cccc3cccnc23)ccc1C. The third kappa shape index (κ3) is 4.58. The summed E-state index contributed by atoms with van der Waals surface area (Å²) >= 11 is 0.